The van der Waals surface area contributed by atoms with Gasteiger partial charge < -0.3 is 10.2 Å². The smallest absolute Gasteiger partial charge is 0.355 e. The number of anilines is 2. The monoisotopic (exact) mass is 440 g/mol. The van der Waals surface area contributed by atoms with Crippen LogP contribution in [-0.4, -0.2) is 29.2 Å². The van der Waals surface area contributed by atoms with Crippen LogP contribution in [0.2, 0.25) is 0 Å². The van der Waals surface area contributed by atoms with Crippen molar-refractivity contribution in [2.45, 2.75) is 25.9 Å². The minimum atomic E-state index is -4.52. The number of hydrogen-bond donors (Lipinski definition) is 1. The molecule has 1 N–H and O–H groups in total. The van der Waals surface area contributed by atoms with Crippen LogP contribution < -0.4 is 10.2 Å². The van der Waals surface area contributed by atoms with E-state index in [2.05, 4.69) is 15.5 Å². The van der Waals surface area contributed by atoms with Gasteiger partial charge in [-0.05, 0) is 49.6 Å². The lowest BCUT2D eigenvalue weighted by Crippen LogP contribution is -2.38. The van der Waals surface area contributed by atoms with Crippen LogP contribution in [-0.2, 0) is 11.0 Å². The number of rotatable bonds is 4. The third-order valence-electron chi connectivity index (χ3n) is 5.75. The maximum atomic E-state index is 13.2. The summed E-state index contributed by atoms with van der Waals surface area (Å²) in [4.78, 5) is 14.6. The van der Waals surface area contributed by atoms with E-state index in [9.17, 15) is 18.0 Å². The third kappa shape index (κ3) is 4.74. The molecular weight excluding hydrogens is 417 g/mol. The van der Waals surface area contributed by atoms with Crippen molar-refractivity contribution >= 4 is 17.4 Å². The van der Waals surface area contributed by atoms with Crippen LogP contribution >= 0.6 is 0 Å². The molecule has 1 aliphatic rings. The van der Waals surface area contributed by atoms with Crippen molar-refractivity contribution in [1.29, 1.82) is 0 Å². The van der Waals surface area contributed by atoms with Crippen LogP contribution in [0.3, 0.4) is 0 Å². The van der Waals surface area contributed by atoms with Crippen LogP contribution in [0.5, 0.6) is 0 Å². The Labute approximate surface area is 184 Å². The predicted octanol–water partition coefficient (Wildman–Crippen LogP) is 5.33. The number of nitrogens with zero attached hydrogens (tertiary/aromatic N) is 3. The highest BCUT2D eigenvalue weighted by Crippen LogP contribution is 2.35. The molecule has 1 fully saturated rings. The Morgan fingerprint density at radius 1 is 0.969 bits per heavy atom. The molecule has 2 aromatic carbocycles. The zero-order valence-corrected chi connectivity index (χ0v) is 17.6. The van der Waals surface area contributed by atoms with E-state index in [-0.39, 0.29) is 17.5 Å². The molecule has 1 aromatic heterocycles. The first kappa shape index (κ1) is 21.8. The van der Waals surface area contributed by atoms with Crippen molar-refractivity contribution in [3.8, 4) is 11.3 Å². The Morgan fingerprint density at radius 2 is 1.66 bits per heavy atom. The van der Waals surface area contributed by atoms with Crippen molar-refractivity contribution in [1.82, 2.24) is 10.2 Å². The van der Waals surface area contributed by atoms with E-state index in [1.165, 1.54) is 18.2 Å². The molecule has 0 bridgehead atoms. The molecule has 3 aromatic rings. The number of carbonyl (C=O) groups is 1. The van der Waals surface area contributed by atoms with Crippen LogP contribution in [0.4, 0.5) is 24.7 Å². The Bertz CT molecular complexity index is 1090. The molecule has 32 heavy (non-hydrogen) atoms. The molecule has 0 atom stereocenters. The number of alkyl halides is 3. The van der Waals surface area contributed by atoms with Crippen LogP contribution in [0, 0.1) is 12.8 Å². The highest BCUT2D eigenvalue weighted by atomic mass is 19.4. The highest BCUT2D eigenvalue weighted by molar-refractivity contribution is 5.93. The third-order valence-corrected chi connectivity index (χ3v) is 5.75. The Hall–Kier alpha value is -3.42. The minimum absolute atomic E-state index is 0.204. The molecule has 166 valence electrons. The number of nitrogens with one attached hydrogen (secondary N) is 1. The lowest BCUT2D eigenvalue weighted by atomic mass is 9.95. The molecule has 0 saturated carbocycles. The van der Waals surface area contributed by atoms with E-state index in [1.807, 2.05) is 48.2 Å². The molecule has 1 amide bonds. The molecule has 0 unspecified atom stereocenters. The van der Waals surface area contributed by atoms with Crippen molar-refractivity contribution in [3.63, 3.8) is 0 Å². The minimum Gasteiger partial charge on any atom is -0.355 e. The maximum absolute atomic E-state index is 13.2. The number of benzene rings is 2. The fraction of sp³-hybridized carbons (Fsp3) is 0.292. The summed E-state index contributed by atoms with van der Waals surface area (Å²) in [5, 5.41) is 11.2. The van der Waals surface area contributed by atoms with Gasteiger partial charge in [0.2, 0.25) is 5.91 Å². The van der Waals surface area contributed by atoms with E-state index < -0.39 is 11.7 Å². The summed E-state index contributed by atoms with van der Waals surface area (Å²) in [7, 11) is 0. The van der Waals surface area contributed by atoms with Crippen LogP contribution in [0.1, 0.15) is 24.0 Å². The molecule has 4 rings (SSSR count). The van der Waals surface area contributed by atoms with Crippen molar-refractivity contribution in [2.24, 2.45) is 5.92 Å². The van der Waals surface area contributed by atoms with Crippen LogP contribution in [0.15, 0.2) is 60.7 Å². The Morgan fingerprint density at radius 3 is 2.31 bits per heavy atom. The Balaban J connectivity index is 1.37. The second kappa shape index (κ2) is 8.98. The molecule has 5 nitrogen and oxygen atoms in total. The topological polar surface area (TPSA) is 58.1 Å². The first-order valence-corrected chi connectivity index (χ1v) is 10.4. The van der Waals surface area contributed by atoms with Crippen molar-refractivity contribution in [3.05, 3.63) is 71.8 Å². The fourth-order valence-electron chi connectivity index (χ4n) is 3.94. The summed E-state index contributed by atoms with van der Waals surface area (Å²) in [5.41, 5.74) is 1.90. The normalized spacial score (nSPS) is 14.9. The van der Waals surface area contributed by atoms with Crippen LogP contribution in [0.25, 0.3) is 11.3 Å². The fourth-order valence-corrected chi connectivity index (χ4v) is 3.94. The van der Waals surface area contributed by atoms with Gasteiger partial charge in [-0.25, -0.2) is 0 Å². The summed E-state index contributed by atoms with van der Waals surface area (Å²) in [6.07, 6.45) is -3.46. The van der Waals surface area contributed by atoms with Gasteiger partial charge in [0.15, 0.2) is 5.82 Å². The van der Waals surface area contributed by atoms with Gasteiger partial charge in [0.1, 0.15) is 0 Å². The average Bonchev–Trinajstić information content (AvgIpc) is 2.79. The number of amides is 1. The van der Waals surface area contributed by atoms with Gasteiger partial charge in [-0.15, -0.1) is 10.2 Å². The first-order chi connectivity index (χ1) is 15.3. The summed E-state index contributed by atoms with van der Waals surface area (Å²) < 4.78 is 39.5. The second-order valence-electron chi connectivity index (χ2n) is 7.89. The SMILES string of the molecule is Cc1ccccc1-c1ccc(N2CCC(C(=O)Nc3ccccc3C(F)(F)F)CC2)nn1. The molecule has 8 heteroatoms. The predicted molar refractivity (Wildman–Crippen MR) is 117 cm³/mol. The van der Waals surface area contributed by atoms with Gasteiger partial charge in [-0.1, -0.05) is 36.4 Å². The molecule has 0 aliphatic carbocycles. The zero-order chi connectivity index (χ0) is 22.7. The number of carbonyl (C=O) groups excluding carboxylic acids is 1. The quantitative estimate of drug-likeness (QED) is 0.596. The van der Waals surface area contributed by atoms with Gasteiger partial charge in [-0.2, -0.15) is 13.2 Å². The average molecular weight is 440 g/mol. The van der Waals surface area contributed by atoms with E-state index in [4.69, 9.17) is 0 Å². The number of aryl methyl sites for hydroxylation is 1. The molecule has 0 spiro atoms. The van der Waals surface area contributed by atoms with Crippen molar-refractivity contribution < 1.29 is 18.0 Å². The number of halogens is 3. The highest BCUT2D eigenvalue weighted by Gasteiger charge is 2.34. The lowest BCUT2D eigenvalue weighted by molar-refractivity contribution is -0.137. The molecule has 1 saturated heterocycles. The largest absolute Gasteiger partial charge is 0.418 e. The Kier molecular flexibility index (Phi) is 6.12. The second-order valence-corrected chi connectivity index (χ2v) is 7.89. The standard InChI is InChI=1S/C24H23F3N4O/c1-16-6-2-3-7-18(16)20-10-11-22(30-29-20)31-14-12-17(13-15-31)23(32)28-21-9-5-4-8-19(21)24(25,26)27/h2-11,17H,12-15H2,1H3,(H,28,32). The van der Waals surface area contributed by atoms with E-state index in [1.54, 1.807) is 0 Å². The van der Waals surface area contributed by atoms with Gasteiger partial charge in [0.05, 0.1) is 16.9 Å². The van der Waals surface area contributed by atoms with Gasteiger partial charge >= 0.3 is 6.18 Å². The summed E-state index contributed by atoms with van der Waals surface area (Å²) >= 11 is 0. The lowest BCUT2D eigenvalue weighted by Gasteiger charge is -2.32. The zero-order valence-electron chi connectivity index (χ0n) is 17.6. The van der Waals surface area contributed by atoms with Gasteiger partial charge in [0, 0.05) is 24.6 Å². The summed E-state index contributed by atoms with van der Waals surface area (Å²) in [6.45, 7) is 3.18. The molecule has 1 aliphatic heterocycles. The van der Waals surface area contributed by atoms with E-state index >= 15 is 0 Å². The van der Waals surface area contributed by atoms with Gasteiger partial charge in [-0.3, -0.25) is 4.79 Å². The summed E-state index contributed by atoms with van der Waals surface area (Å²) in [6, 6.07) is 16.8. The number of para-hydroxylation sites is 1. The summed E-state index contributed by atoms with van der Waals surface area (Å²) in [5.74, 6) is -0.0160. The first-order valence-electron chi connectivity index (χ1n) is 10.4. The number of piperidine rings is 1. The van der Waals surface area contributed by atoms with Crippen molar-refractivity contribution in [2.75, 3.05) is 23.3 Å². The van der Waals surface area contributed by atoms with E-state index in [0.717, 1.165) is 28.7 Å². The van der Waals surface area contributed by atoms with Gasteiger partial charge in [0.25, 0.3) is 0 Å². The molecule has 2 heterocycles. The van der Waals surface area contributed by atoms with E-state index in [0.29, 0.717) is 25.9 Å². The maximum Gasteiger partial charge on any atom is 0.418 e. The molecule has 0 radical (unpaired) electrons. The number of hydrogen-bond acceptors (Lipinski definition) is 4. The number of aromatic nitrogens is 2. The molecular formula is C24H23F3N4O.